The highest BCUT2D eigenvalue weighted by Gasteiger charge is 2.18. The van der Waals surface area contributed by atoms with Crippen LogP contribution < -0.4 is 5.32 Å². The molecule has 1 unspecified atom stereocenters. The topological polar surface area (TPSA) is 46.0 Å². The molecule has 1 atom stereocenters. The van der Waals surface area contributed by atoms with Gasteiger partial charge in [0.15, 0.2) is 0 Å². The lowest BCUT2D eigenvalue weighted by atomic mass is 9.99. The minimum absolute atomic E-state index is 0.382. The van der Waals surface area contributed by atoms with Crippen LogP contribution in [0.3, 0.4) is 0 Å². The molecule has 0 saturated carbocycles. The maximum absolute atomic E-state index is 4.45. The third-order valence-electron chi connectivity index (χ3n) is 3.96. The summed E-state index contributed by atoms with van der Waals surface area (Å²) in [7, 11) is 0. The largest absolute Gasteiger partial charge is 0.316 e. The van der Waals surface area contributed by atoms with Gasteiger partial charge in [-0.05, 0) is 58.7 Å². The Bertz CT molecular complexity index is 381. The van der Waals surface area contributed by atoms with Crippen LogP contribution in [0.4, 0.5) is 0 Å². The highest BCUT2D eigenvalue weighted by molar-refractivity contribution is 4.87. The zero-order valence-corrected chi connectivity index (χ0v) is 13.2. The van der Waals surface area contributed by atoms with Crippen LogP contribution in [0, 0.1) is 5.92 Å². The predicted octanol–water partition coefficient (Wildman–Crippen LogP) is 2.07. The second-order valence-corrected chi connectivity index (χ2v) is 6.16. The van der Waals surface area contributed by atoms with E-state index in [1.807, 2.05) is 4.68 Å². The fourth-order valence-corrected chi connectivity index (χ4v) is 3.01. The summed E-state index contributed by atoms with van der Waals surface area (Å²) in [6.07, 6.45) is 5.54. The molecule has 1 aliphatic rings. The Hall–Kier alpha value is -0.940. The molecular weight excluding hydrogens is 250 g/mol. The maximum Gasteiger partial charge on any atom is 0.141 e. The van der Waals surface area contributed by atoms with E-state index in [0.717, 1.165) is 31.4 Å². The Kier molecular flexibility index (Phi) is 5.98. The van der Waals surface area contributed by atoms with Crippen molar-refractivity contribution in [2.75, 3.05) is 26.2 Å². The van der Waals surface area contributed by atoms with Gasteiger partial charge in [0, 0.05) is 12.6 Å². The Morgan fingerprint density at radius 1 is 1.50 bits per heavy atom. The second kappa shape index (κ2) is 7.74. The van der Waals surface area contributed by atoms with Gasteiger partial charge in [-0.1, -0.05) is 6.92 Å². The minimum Gasteiger partial charge on any atom is -0.316 e. The lowest BCUT2D eigenvalue weighted by Gasteiger charge is -2.30. The molecule has 1 N–H and O–H groups in total. The van der Waals surface area contributed by atoms with E-state index >= 15 is 0 Å². The van der Waals surface area contributed by atoms with Crippen LogP contribution in [0.5, 0.6) is 0 Å². The molecule has 20 heavy (non-hydrogen) atoms. The Morgan fingerprint density at radius 2 is 2.35 bits per heavy atom. The van der Waals surface area contributed by atoms with Crippen molar-refractivity contribution in [2.45, 2.75) is 52.6 Å². The van der Waals surface area contributed by atoms with Gasteiger partial charge in [-0.2, -0.15) is 5.10 Å². The summed E-state index contributed by atoms with van der Waals surface area (Å²) in [6, 6.07) is 0.382. The SMILES string of the molecule is CCCN(Cc1ncnn1C(C)C)CC1CCCNC1. The summed E-state index contributed by atoms with van der Waals surface area (Å²) in [5.74, 6) is 1.88. The summed E-state index contributed by atoms with van der Waals surface area (Å²) in [4.78, 5) is 6.99. The van der Waals surface area contributed by atoms with Gasteiger partial charge in [-0.25, -0.2) is 9.67 Å². The number of hydrogen-bond donors (Lipinski definition) is 1. The molecule has 1 aliphatic heterocycles. The molecule has 2 heterocycles. The summed E-state index contributed by atoms with van der Waals surface area (Å²) in [5.41, 5.74) is 0. The molecule has 5 heteroatoms. The first kappa shape index (κ1) is 15.4. The van der Waals surface area contributed by atoms with Crippen molar-refractivity contribution in [1.82, 2.24) is 25.0 Å². The van der Waals surface area contributed by atoms with Gasteiger partial charge < -0.3 is 5.32 Å². The van der Waals surface area contributed by atoms with Crippen molar-refractivity contribution in [3.05, 3.63) is 12.2 Å². The van der Waals surface area contributed by atoms with Crippen molar-refractivity contribution in [3.8, 4) is 0 Å². The molecule has 1 aromatic rings. The lowest BCUT2D eigenvalue weighted by Crippen LogP contribution is -2.38. The average molecular weight is 279 g/mol. The van der Waals surface area contributed by atoms with E-state index in [9.17, 15) is 0 Å². The van der Waals surface area contributed by atoms with Gasteiger partial charge in [0.1, 0.15) is 12.2 Å². The third-order valence-corrected chi connectivity index (χ3v) is 3.96. The first-order valence-corrected chi connectivity index (χ1v) is 8.02. The minimum atomic E-state index is 0.382. The quantitative estimate of drug-likeness (QED) is 0.830. The van der Waals surface area contributed by atoms with Gasteiger partial charge in [0.25, 0.3) is 0 Å². The van der Waals surface area contributed by atoms with Crippen molar-refractivity contribution >= 4 is 0 Å². The molecule has 0 aliphatic carbocycles. The maximum atomic E-state index is 4.45. The number of aromatic nitrogens is 3. The van der Waals surface area contributed by atoms with Gasteiger partial charge in [-0.15, -0.1) is 0 Å². The standard InChI is InChI=1S/C15H29N5/c1-4-8-19(10-14-6-5-7-16-9-14)11-15-17-12-18-20(15)13(2)3/h12-14,16H,4-11H2,1-3H3. The number of piperidine rings is 1. The van der Waals surface area contributed by atoms with E-state index in [1.54, 1.807) is 6.33 Å². The third kappa shape index (κ3) is 4.28. The second-order valence-electron chi connectivity index (χ2n) is 6.16. The van der Waals surface area contributed by atoms with Crippen molar-refractivity contribution in [1.29, 1.82) is 0 Å². The first-order valence-electron chi connectivity index (χ1n) is 8.02. The summed E-state index contributed by atoms with van der Waals surface area (Å²) >= 11 is 0. The van der Waals surface area contributed by atoms with Crippen LogP contribution in [0.15, 0.2) is 6.33 Å². The predicted molar refractivity (Wildman–Crippen MR) is 81.6 cm³/mol. The van der Waals surface area contributed by atoms with Crippen LogP contribution in [0.25, 0.3) is 0 Å². The van der Waals surface area contributed by atoms with E-state index in [0.29, 0.717) is 6.04 Å². The van der Waals surface area contributed by atoms with Crippen LogP contribution >= 0.6 is 0 Å². The zero-order chi connectivity index (χ0) is 14.4. The highest BCUT2D eigenvalue weighted by Crippen LogP contribution is 2.15. The van der Waals surface area contributed by atoms with E-state index in [-0.39, 0.29) is 0 Å². The van der Waals surface area contributed by atoms with Gasteiger partial charge in [0.05, 0.1) is 6.54 Å². The molecule has 1 aromatic heterocycles. The van der Waals surface area contributed by atoms with E-state index in [2.05, 4.69) is 41.1 Å². The molecule has 0 radical (unpaired) electrons. The highest BCUT2D eigenvalue weighted by atomic mass is 15.4. The molecule has 5 nitrogen and oxygen atoms in total. The molecule has 0 amide bonds. The van der Waals surface area contributed by atoms with Gasteiger partial charge in [-0.3, -0.25) is 4.90 Å². The fourth-order valence-electron chi connectivity index (χ4n) is 3.01. The first-order chi connectivity index (χ1) is 9.70. The smallest absolute Gasteiger partial charge is 0.141 e. The Balaban J connectivity index is 1.95. The molecule has 2 rings (SSSR count). The molecule has 0 aromatic carbocycles. The zero-order valence-electron chi connectivity index (χ0n) is 13.2. The van der Waals surface area contributed by atoms with Crippen molar-refractivity contribution in [2.24, 2.45) is 5.92 Å². The monoisotopic (exact) mass is 279 g/mol. The van der Waals surface area contributed by atoms with Gasteiger partial charge >= 0.3 is 0 Å². The summed E-state index contributed by atoms with van der Waals surface area (Å²) in [6.45, 7) is 12.2. The van der Waals surface area contributed by atoms with Crippen LogP contribution in [-0.4, -0.2) is 45.8 Å². The molecule has 1 fully saturated rings. The van der Waals surface area contributed by atoms with E-state index in [4.69, 9.17) is 0 Å². The number of nitrogens with one attached hydrogen (secondary N) is 1. The van der Waals surface area contributed by atoms with E-state index < -0.39 is 0 Å². The van der Waals surface area contributed by atoms with Crippen LogP contribution in [0.1, 0.15) is 51.9 Å². The normalized spacial score (nSPS) is 19.9. The number of hydrogen-bond acceptors (Lipinski definition) is 4. The summed E-state index contributed by atoms with van der Waals surface area (Å²) < 4.78 is 2.04. The van der Waals surface area contributed by atoms with Crippen molar-refractivity contribution < 1.29 is 0 Å². The average Bonchev–Trinajstić information content (AvgIpc) is 2.88. The molecule has 0 bridgehead atoms. The van der Waals surface area contributed by atoms with Crippen molar-refractivity contribution in [3.63, 3.8) is 0 Å². The number of rotatable bonds is 7. The lowest BCUT2D eigenvalue weighted by molar-refractivity contribution is 0.193. The molecular formula is C15H29N5. The summed E-state index contributed by atoms with van der Waals surface area (Å²) in [5, 5.41) is 7.85. The van der Waals surface area contributed by atoms with Crippen LogP contribution in [0.2, 0.25) is 0 Å². The Labute approximate surface area is 122 Å². The van der Waals surface area contributed by atoms with Crippen LogP contribution in [-0.2, 0) is 6.54 Å². The van der Waals surface area contributed by atoms with E-state index in [1.165, 1.54) is 32.4 Å². The number of nitrogens with zero attached hydrogens (tertiary/aromatic N) is 4. The fraction of sp³-hybridized carbons (Fsp3) is 0.867. The molecule has 0 spiro atoms. The van der Waals surface area contributed by atoms with Gasteiger partial charge in [0.2, 0.25) is 0 Å². The Morgan fingerprint density at radius 3 is 3.00 bits per heavy atom. The molecule has 1 saturated heterocycles. The molecule has 114 valence electrons.